The molecule has 0 bridgehead atoms. The number of hydrogen-bond acceptors (Lipinski definition) is 5. The lowest BCUT2D eigenvalue weighted by atomic mass is 9.91. The van der Waals surface area contributed by atoms with Crippen LogP contribution in [0.5, 0.6) is 0 Å². The van der Waals surface area contributed by atoms with Crippen molar-refractivity contribution in [1.82, 2.24) is 14.9 Å². The minimum Gasteiger partial charge on any atom is -0.396 e. The van der Waals surface area contributed by atoms with Crippen LogP contribution < -0.4 is 5.73 Å². The second-order valence-electron chi connectivity index (χ2n) is 5.85. The van der Waals surface area contributed by atoms with E-state index in [4.69, 9.17) is 10.8 Å². The number of nitrogen functional groups attached to an aromatic ring is 1. The van der Waals surface area contributed by atoms with E-state index in [1.165, 1.54) is 6.20 Å². The molecule has 1 aliphatic rings. The van der Waals surface area contributed by atoms with Gasteiger partial charge in [0.15, 0.2) is 5.69 Å². The van der Waals surface area contributed by atoms with Gasteiger partial charge in [-0.25, -0.2) is 9.97 Å². The minimum atomic E-state index is -0.144. The third-order valence-corrected chi connectivity index (χ3v) is 3.89. The molecule has 116 valence electrons. The summed E-state index contributed by atoms with van der Waals surface area (Å²) in [6, 6.07) is 0.251. The first-order valence-electron chi connectivity index (χ1n) is 7.58. The molecule has 6 nitrogen and oxygen atoms in total. The molecular weight excluding hydrogens is 268 g/mol. The Balaban J connectivity index is 2.24. The SMILES string of the molecule is CC(C)c1ncc(N)c(C(=O)N(CCCO)C2CCC2)n1. The van der Waals surface area contributed by atoms with Gasteiger partial charge in [-0.15, -0.1) is 0 Å². The van der Waals surface area contributed by atoms with Crippen molar-refractivity contribution in [2.45, 2.75) is 51.5 Å². The maximum atomic E-state index is 12.8. The Morgan fingerprint density at radius 1 is 1.52 bits per heavy atom. The highest BCUT2D eigenvalue weighted by molar-refractivity contribution is 5.97. The summed E-state index contributed by atoms with van der Waals surface area (Å²) in [5.41, 5.74) is 6.50. The van der Waals surface area contributed by atoms with Gasteiger partial charge in [0, 0.05) is 25.1 Å². The Morgan fingerprint density at radius 2 is 2.24 bits per heavy atom. The van der Waals surface area contributed by atoms with Crippen LogP contribution in [-0.2, 0) is 0 Å². The van der Waals surface area contributed by atoms with Crippen molar-refractivity contribution in [3.8, 4) is 0 Å². The predicted octanol–water partition coefficient (Wildman–Crippen LogP) is 1.56. The van der Waals surface area contributed by atoms with Crippen LogP contribution in [0.25, 0.3) is 0 Å². The number of carbonyl (C=O) groups excluding carboxylic acids is 1. The average molecular weight is 292 g/mol. The van der Waals surface area contributed by atoms with Gasteiger partial charge in [-0.2, -0.15) is 0 Å². The number of carbonyl (C=O) groups is 1. The molecule has 0 aliphatic heterocycles. The van der Waals surface area contributed by atoms with Gasteiger partial charge < -0.3 is 15.7 Å². The Morgan fingerprint density at radius 3 is 2.76 bits per heavy atom. The van der Waals surface area contributed by atoms with Crippen LogP contribution in [0.2, 0.25) is 0 Å². The molecule has 0 spiro atoms. The number of aromatic nitrogens is 2. The summed E-state index contributed by atoms with van der Waals surface area (Å²) in [7, 11) is 0. The van der Waals surface area contributed by atoms with Gasteiger partial charge in [-0.3, -0.25) is 4.79 Å². The van der Waals surface area contributed by atoms with Gasteiger partial charge in [0.2, 0.25) is 0 Å². The molecule has 1 saturated carbocycles. The average Bonchev–Trinajstić information content (AvgIpc) is 2.40. The molecule has 0 radical (unpaired) electrons. The van der Waals surface area contributed by atoms with Crippen molar-refractivity contribution < 1.29 is 9.90 Å². The fraction of sp³-hybridized carbons (Fsp3) is 0.667. The highest BCUT2D eigenvalue weighted by Crippen LogP contribution is 2.27. The van der Waals surface area contributed by atoms with Gasteiger partial charge in [0.05, 0.1) is 11.9 Å². The van der Waals surface area contributed by atoms with E-state index in [-0.39, 0.29) is 24.5 Å². The zero-order valence-corrected chi connectivity index (χ0v) is 12.7. The molecule has 1 fully saturated rings. The van der Waals surface area contributed by atoms with Crippen LogP contribution >= 0.6 is 0 Å². The topological polar surface area (TPSA) is 92.3 Å². The number of amides is 1. The quantitative estimate of drug-likeness (QED) is 0.830. The molecule has 1 heterocycles. The molecule has 1 aliphatic carbocycles. The van der Waals surface area contributed by atoms with Gasteiger partial charge in [-0.05, 0) is 25.7 Å². The van der Waals surface area contributed by atoms with E-state index in [1.807, 2.05) is 18.7 Å². The van der Waals surface area contributed by atoms with E-state index < -0.39 is 0 Å². The number of rotatable bonds is 6. The maximum Gasteiger partial charge on any atom is 0.274 e. The number of aliphatic hydroxyl groups is 1. The third kappa shape index (κ3) is 3.50. The predicted molar refractivity (Wildman–Crippen MR) is 80.9 cm³/mol. The number of aliphatic hydroxyl groups excluding tert-OH is 1. The zero-order valence-electron chi connectivity index (χ0n) is 12.7. The van der Waals surface area contributed by atoms with Crippen LogP contribution in [0.1, 0.15) is 61.8 Å². The highest BCUT2D eigenvalue weighted by atomic mass is 16.3. The lowest BCUT2D eigenvalue weighted by Gasteiger charge is -2.37. The van der Waals surface area contributed by atoms with Crippen molar-refractivity contribution in [3.63, 3.8) is 0 Å². The summed E-state index contributed by atoms with van der Waals surface area (Å²) >= 11 is 0. The van der Waals surface area contributed by atoms with Crippen molar-refractivity contribution in [2.75, 3.05) is 18.9 Å². The van der Waals surface area contributed by atoms with Crippen LogP contribution in [-0.4, -0.2) is 45.1 Å². The molecule has 21 heavy (non-hydrogen) atoms. The van der Waals surface area contributed by atoms with Gasteiger partial charge in [0.1, 0.15) is 5.82 Å². The van der Waals surface area contributed by atoms with E-state index >= 15 is 0 Å². The lowest BCUT2D eigenvalue weighted by Crippen LogP contribution is -2.45. The first-order chi connectivity index (χ1) is 10.0. The number of nitrogens with two attached hydrogens (primary N) is 1. The normalized spacial score (nSPS) is 15.0. The molecular formula is C15H24N4O2. The van der Waals surface area contributed by atoms with E-state index in [2.05, 4.69) is 9.97 Å². The van der Waals surface area contributed by atoms with Gasteiger partial charge in [-0.1, -0.05) is 13.8 Å². The van der Waals surface area contributed by atoms with Crippen LogP contribution in [0.15, 0.2) is 6.20 Å². The Hall–Kier alpha value is -1.69. The van der Waals surface area contributed by atoms with E-state index in [1.54, 1.807) is 0 Å². The number of nitrogens with zero attached hydrogens (tertiary/aromatic N) is 3. The summed E-state index contributed by atoms with van der Waals surface area (Å²) in [5, 5.41) is 9.02. The van der Waals surface area contributed by atoms with Crippen LogP contribution in [0.4, 0.5) is 5.69 Å². The Labute approximate surface area is 125 Å². The fourth-order valence-electron chi connectivity index (χ4n) is 2.38. The smallest absolute Gasteiger partial charge is 0.274 e. The summed E-state index contributed by atoms with van der Waals surface area (Å²) in [6.07, 6.45) is 5.26. The second kappa shape index (κ2) is 6.85. The summed E-state index contributed by atoms with van der Waals surface area (Å²) in [6.45, 7) is 4.58. The summed E-state index contributed by atoms with van der Waals surface area (Å²) < 4.78 is 0. The Kier molecular flexibility index (Phi) is 5.12. The van der Waals surface area contributed by atoms with Crippen molar-refractivity contribution in [2.24, 2.45) is 0 Å². The third-order valence-electron chi connectivity index (χ3n) is 3.89. The van der Waals surface area contributed by atoms with Gasteiger partial charge in [0.25, 0.3) is 5.91 Å². The molecule has 1 amide bonds. The first-order valence-corrected chi connectivity index (χ1v) is 7.58. The highest BCUT2D eigenvalue weighted by Gasteiger charge is 2.31. The monoisotopic (exact) mass is 292 g/mol. The molecule has 0 aromatic carbocycles. The van der Waals surface area contributed by atoms with E-state index in [0.717, 1.165) is 19.3 Å². The van der Waals surface area contributed by atoms with Crippen LogP contribution in [0.3, 0.4) is 0 Å². The second-order valence-corrected chi connectivity index (χ2v) is 5.85. The summed E-state index contributed by atoms with van der Waals surface area (Å²) in [4.78, 5) is 23.1. The zero-order chi connectivity index (χ0) is 15.4. The standard InChI is InChI=1S/C15H24N4O2/c1-10(2)14-17-9-12(16)13(18-14)15(21)19(7-4-8-20)11-5-3-6-11/h9-11,20H,3-8,16H2,1-2H3. The van der Waals surface area contributed by atoms with Crippen molar-refractivity contribution >= 4 is 11.6 Å². The molecule has 0 saturated heterocycles. The minimum absolute atomic E-state index is 0.0764. The fourth-order valence-corrected chi connectivity index (χ4v) is 2.38. The molecule has 2 rings (SSSR count). The van der Waals surface area contributed by atoms with E-state index in [0.29, 0.717) is 30.2 Å². The first kappa shape index (κ1) is 15.7. The molecule has 6 heteroatoms. The van der Waals surface area contributed by atoms with E-state index in [9.17, 15) is 4.79 Å². The maximum absolute atomic E-state index is 12.8. The number of hydrogen-bond donors (Lipinski definition) is 2. The molecule has 1 aromatic rings. The largest absolute Gasteiger partial charge is 0.396 e. The van der Waals surface area contributed by atoms with Crippen molar-refractivity contribution in [3.05, 3.63) is 17.7 Å². The molecule has 0 atom stereocenters. The Bertz CT molecular complexity index is 500. The van der Waals surface area contributed by atoms with Crippen molar-refractivity contribution in [1.29, 1.82) is 0 Å². The van der Waals surface area contributed by atoms with Crippen LogP contribution in [0, 0.1) is 0 Å². The summed E-state index contributed by atoms with van der Waals surface area (Å²) in [5.74, 6) is 0.630. The molecule has 0 unspecified atom stereocenters. The lowest BCUT2D eigenvalue weighted by molar-refractivity contribution is 0.0557. The van der Waals surface area contributed by atoms with Gasteiger partial charge >= 0.3 is 0 Å². The molecule has 1 aromatic heterocycles. The number of anilines is 1. The molecule has 3 N–H and O–H groups in total.